The van der Waals surface area contributed by atoms with Crippen molar-refractivity contribution < 1.29 is 23.8 Å². The van der Waals surface area contributed by atoms with E-state index < -0.39 is 11.4 Å². The van der Waals surface area contributed by atoms with Crippen LogP contribution in [-0.4, -0.2) is 37.7 Å². The molecule has 2 aromatic carbocycles. The van der Waals surface area contributed by atoms with Crippen molar-refractivity contribution >= 4 is 17.6 Å². The Balaban J connectivity index is 1.74. The summed E-state index contributed by atoms with van der Waals surface area (Å²) in [6.45, 7) is 6.30. The molecule has 0 atom stereocenters. The molecule has 0 radical (unpaired) electrons. The van der Waals surface area contributed by atoms with E-state index in [1.165, 1.54) is 7.11 Å². The van der Waals surface area contributed by atoms with Crippen molar-refractivity contribution in [3.05, 3.63) is 83.2 Å². The van der Waals surface area contributed by atoms with Crippen LogP contribution in [0.15, 0.2) is 60.8 Å². The van der Waals surface area contributed by atoms with Gasteiger partial charge >= 0.3 is 5.97 Å². The lowest BCUT2D eigenvalue weighted by molar-refractivity contribution is 0.0419. The molecule has 0 aliphatic heterocycles. The Bertz CT molecular complexity index is 1160. The molecule has 34 heavy (non-hydrogen) atoms. The average Bonchev–Trinajstić information content (AvgIpc) is 2.87. The molecule has 178 valence electrons. The predicted molar refractivity (Wildman–Crippen MR) is 131 cm³/mol. The van der Waals surface area contributed by atoms with Crippen LogP contribution in [0.2, 0.25) is 0 Å². The number of aryl methyl sites for hydroxylation is 1. The molecular formula is C27H30N2O5. The van der Waals surface area contributed by atoms with Crippen LogP contribution in [0.3, 0.4) is 0 Å². The number of hydrogen-bond donors (Lipinski definition) is 1. The minimum Gasteiger partial charge on any atom is -0.493 e. The fourth-order valence-electron chi connectivity index (χ4n) is 3.69. The Labute approximate surface area is 200 Å². The molecule has 1 N–H and O–H groups in total. The summed E-state index contributed by atoms with van der Waals surface area (Å²) >= 11 is 0. The lowest BCUT2D eigenvalue weighted by atomic mass is 9.81. The minimum atomic E-state index is -0.453. The van der Waals surface area contributed by atoms with Crippen LogP contribution in [0.4, 0.5) is 5.69 Å². The molecule has 0 aliphatic rings. The number of nitrogens with zero attached hydrogens (tertiary/aromatic N) is 1. The molecule has 0 saturated heterocycles. The van der Waals surface area contributed by atoms with Gasteiger partial charge in [0.2, 0.25) is 0 Å². The normalized spacial score (nSPS) is 11.0. The fourth-order valence-corrected chi connectivity index (χ4v) is 3.69. The van der Waals surface area contributed by atoms with Crippen molar-refractivity contribution in [2.24, 2.45) is 0 Å². The van der Waals surface area contributed by atoms with Gasteiger partial charge in [-0.1, -0.05) is 32.9 Å². The number of aromatic nitrogens is 1. The molecule has 7 heteroatoms. The number of pyridine rings is 1. The van der Waals surface area contributed by atoms with E-state index >= 15 is 0 Å². The second-order valence-electron chi connectivity index (χ2n) is 8.42. The molecule has 0 bridgehead atoms. The maximum Gasteiger partial charge on any atom is 0.356 e. The van der Waals surface area contributed by atoms with Crippen LogP contribution < -0.4 is 14.8 Å². The van der Waals surface area contributed by atoms with Gasteiger partial charge in [-0.3, -0.25) is 4.79 Å². The molecule has 1 heterocycles. The number of rotatable bonds is 9. The van der Waals surface area contributed by atoms with Gasteiger partial charge < -0.3 is 19.5 Å². The van der Waals surface area contributed by atoms with Crippen LogP contribution in [0.1, 0.15) is 52.7 Å². The van der Waals surface area contributed by atoms with Gasteiger partial charge in [-0.15, -0.1) is 0 Å². The smallest absolute Gasteiger partial charge is 0.356 e. The Kier molecular flexibility index (Phi) is 7.89. The quantitative estimate of drug-likeness (QED) is 0.448. The molecule has 0 unspecified atom stereocenters. The van der Waals surface area contributed by atoms with Crippen molar-refractivity contribution in [1.82, 2.24) is 4.98 Å². The number of anilines is 1. The molecule has 0 fully saturated rings. The van der Waals surface area contributed by atoms with Gasteiger partial charge in [-0.2, -0.15) is 0 Å². The highest BCUT2D eigenvalue weighted by Crippen LogP contribution is 2.31. The standard InChI is InChI=1S/C27H30N2O5/c1-6-18-15-20(29-25(30)19-10-13-23(32-4)24(16-19)33-5)11-12-21(18)27(2,3)17-34-26(31)22-9-7-8-14-28-22/h7-16H,6,17H2,1-5H3,(H,29,30). The first-order chi connectivity index (χ1) is 16.3. The number of carbonyl (C=O) groups excluding carboxylic acids is 2. The van der Waals surface area contributed by atoms with Crippen LogP contribution in [-0.2, 0) is 16.6 Å². The van der Waals surface area contributed by atoms with Gasteiger partial charge in [0.15, 0.2) is 11.5 Å². The van der Waals surface area contributed by atoms with Crippen molar-refractivity contribution in [3.63, 3.8) is 0 Å². The topological polar surface area (TPSA) is 86.8 Å². The highest BCUT2D eigenvalue weighted by molar-refractivity contribution is 6.04. The Morgan fingerprint density at radius 2 is 1.74 bits per heavy atom. The van der Waals surface area contributed by atoms with E-state index in [0.717, 1.165) is 17.5 Å². The van der Waals surface area contributed by atoms with E-state index in [2.05, 4.69) is 17.2 Å². The van der Waals surface area contributed by atoms with Crippen LogP contribution >= 0.6 is 0 Å². The average molecular weight is 463 g/mol. The molecule has 3 aromatic rings. The first-order valence-corrected chi connectivity index (χ1v) is 11.0. The van der Waals surface area contributed by atoms with Crippen LogP contribution in [0, 0.1) is 0 Å². The van der Waals surface area contributed by atoms with Crippen LogP contribution in [0.25, 0.3) is 0 Å². The van der Waals surface area contributed by atoms with E-state index in [0.29, 0.717) is 22.7 Å². The highest BCUT2D eigenvalue weighted by atomic mass is 16.5. The zero-order valence-corrected chi connectivity index (χ0v) is 20.2. The van der Waals surface area contributed by atoms with Gasteiger partial charge in [0, 0.05) is 22.9 Å². The summed E-state index contributed by atoms with van der Waals surface area (Å²) < 4.78 is 16.1. The zero-order valence-electron chi connectivity index (χ0n) is 20.2. The molecular weight excluding hydrogens is 432 g/mol. The van der Waals surface area contributed by atoms with Gasteiger partial charge in [-0.05, 0) is 60.0 Å². The second kappa shape index (κ2) is 10.8. The third-order valence-electron chi connectivity index (χ3n) is 5.56. The summed E-state index contributed by atoms with van der Waals surface area (Å²) in [7, 11) is 3.08. The van der Waals surface area contributed by atoms with Crippen molar-refractivity contribution in [2.45, 2.75) is 32.6 Å². The second-order valence-corrected chi connectivity index (χ2v) is 8.42. The summed E-state index contributed by atoms with van der Waals surface area (Å²) in [6, 6.07) is 15.9. The molecule has 0 spiro atoms. The number of amides is 1. The third kappa shape index (κ3) is 5.73. The molecule has 0 aliphatic carbocycles. The van der Waals surface area contributed by atoms with Crippen molar-refractivity contribution in [3.8, 4) is 11.5 Å². The Morgan fingerprint density at radius 3 is 2.38 bits per heavy atom. The first-order valence-electron chi connectivity index (χ1n) is 11.0. The van der Waals surface area contributed by atoms with E-state index in [-0.39, 0.29) is 18.2 Å². The number of ether oxygens (including phenoxy) is 3. The highest BCUT2D eigenvalue weighted by Gasteiger charge is 2.26. The van der Waals surface area contributed by atoms with Gasteiger partial charge in [-0.25, -0.2) is 9.78 Å². The Morgan fingerprint density at radius 1 is 0.971 bits per heavy atom. The minimum absolute atomic E-state index is 0.201. The first kappa shape index (κ1) is 24.8. The van der Waals surface area contributed by atoms with E-state index in [4.69, 9.17) is 14.2 Å². The monoisotopic (exact) mass is 462 g/mol. The summed E-state index contributed by atoms with van der Waals surface area (Å²) in [5, 5.41) is 2.94. The van der Waals surface area contributed by atoms with E-state index in [9.17, 15) is 9.59 Å². The number of carbonyl (C=O) groups is 2. The molecule has 0 saturated carbocycles. The van der Waals surface area contributed by atoms with Crippen molar-refractivity contribution in [1.29, 1.82) is 0 Å². The zero-order chi connectivity index (χ0) is 24.7. The van der Waals surface area contributed by atoms with E-state index in [1.54, 1.807) is 49.7 Å². The fraction of sp³-hybridized carbons (Fsp3) is 0.296. The maximum atomic E-state index is 12.8. The number of hydrogen-bond acceptors (Lipinski definition) is 6. The number of esters is 1. The molecule has 1 aromatic heterocycles. The molecule has 1 amide bonds. The summed E-state index contributed by atoms with van der Waals surface area (Å²) in [5.74, 6) is 0.342. The SMILES string of the molecule is CCc1cc(NC(=O)c2ccc(OC)c(OC)c2)ccc1C(C)(C)COC(=O)c1ccccn1. The summed E-state index contributed by atoms with van der Waals surface area (Å²) in [5.41, 5.74) is 3.10. The van der Waals surface area contributed by atoms with Gasteiger partial charge in [0.1, 0.15) is 12.3 Å². The number of nitrogens with one attached hydrogen (secondary N) is 1. The Hall–Kier alpha value is -3.87. The van der Waals surface area contributed by atoms with Gasteiger partial charge in [0.25, 0.3) is 5.91 Å². The predicted octanol–water partition coefficient (Wildman–Crippen LogP) is 5.05. The summed E-state index contributed by atoms with van der Waals surface area (Å²) in [4.78, 5) is 29.2. The molecule has 3 rings (SSSR count). The number of methoxy groups -OCH3 is 2. The largest absolute Gasteiger partial charge is 0.493 e. The van der Waals surface area contributed by atoms with E-state index in [1.807, 2.05) is 32.0 Å². The third-order valence-corrected chi connectivity index (χ3v) is 5.56. The van der Waals surface area contributed by atoms with Crippen LogP contribution in [0.5, 0.6) is 11.5 Å². The maximum absolute atomic E-state index is 12.8. The number of benzene rings is 2. The lowest BCUT2D eigenvalue weighted by Crippen LogP contribution is -2.28. The lowest BCUT2D eigenvalue weighted by Gasteiger charge is -2.27. The molecule has 7 nitrogen and oxygen atoms in total. The van der Waals surface area contributed by atoms with Gasteiger partial charge in [0.05, 0.1) is 14.2 Å². The summed E-state index contributed by atoms with van der Waals surface area (Å²) in [6.07, 6.45) is 2.32. The van der Waals surface area contributed by atoms with Crippen molar-refractivity contribution in [2.75, 3.05) is 26.1 Å².